The minimum atomic E-state index is -0.203. The van der Waals surface area contributed by atoms with E-state index in [0.29, 0.717) is 17.9 Å². The zero-order chi connectivity index (χ0) is 15.2. The fourth-order valence-electron chi connectivity index (χ4n) is 2.04. The Hall–Kier alpha value is -2.45. The molecule has 0 aromatic heterocycles. The molecule has 7 nitrogen and oxygen atoms in total. The number of para-hydroxylation sites is 2. The maximum atomic E-state index is 12.4. The first-order valence-corrected chi connectivity index (χ1v) is 6.92. The molecule has 0 unspecified atom stereocenters. The zero-order valence-electron chi connectivity index (χ0n) is 11.8. The summed E-state index contributed by atoms with van der Waals surface area (Å²) in [4.78, 5) is 12.4. The van der Waals surface area contributed by atoms with Crippen LogP contribution in [0.2, 0.25) is 0 Å². The first-order chi connectivity index (χ1) is 10.8. The largest absolute Gasteiger partial charge is 0.490 e. The Morgan fingerprint density at radius 1 is 1.00 bits per heavy atom. The SMILES string of the molecule is O=C(Nc1ccccc1)c1ccccc1OCC1NNNN1. The van der Waals surface area contributed by atoms with Crippen molar-refractivity contribution in [1.82, 2.24) is 21.9 Å². The molecule has 2 aromatic rings. The maximum Gasteiger partial charge on any atom is 0.259 e. The van der Waals surface area contributed by atoms with Gasteiger partial charge in [0.25, 0.3) is 5.91 Å². The van der Waals surface area contributed by atoms with Crippen LogP contribution < -0.4 is 32.0 Å². The van der Waals surface area contributed by atoms with E-state index in [1.165, 1.54) is 0 Å². The van der Waals surface area contributed by atoms with Crippen LogP contribution in [0.1, 0.15) is 10.4 Å². The normalized spacial score (nSPS) is 14.7. The Balaban J connectivity index is 1.68. The molecule has 2 aromatic carbocycles. The summed E-state index contributed by atoms with van der Waals surface area (Å²) >= 11 is 0. The number of ether oxygens (including phenoxy) is 1. The van der Waals surface area contributed by atoms with Gasteiger partial charge in [-0.25, -0.2) is 10.9 Å². The molecule has 5 N–H and O–H groups in total. The second-order valence-corrected chi connectivity index (χ2v) is 4.72. The summed E-state index contributed by atoms with van der Waals surface area (Å²) in [6.07, 6.45) is -0.0924. The van der Waals surface area contributed by atoms with E-state index in [1.807, 2.05) is 42.5 Å². The van der Waals surface area contributed by atoms with Gasteiger partial charge >= 0.3 is 0 Å². The topological polar surface area (TPSA) is 86.5 Å². The Morgan fingerprint density at radius 2 is 1.68 bits per heavy atom. The fourth-order valence-corrected chi connectivity index (χ4v) is 2.04. The summed E-state index contributed by atoms with van der Waals surface area (Å²) in [7, 11) is 0. The van der Waals surface area contributed by atoms with E-state index in [1.54, 1.807) is 12.1 Å². The first-order valence-electron chi connectivity index (χ1n) is 6.92. The lowest BCUT2D eigenvalue weighted by Crippen LogP contribution is -2.39. The molecule has 1 heterocycles. The molecule has 1 aliphatic heterocycles. The minimum Gasteiger partial charge on any atom is -0.490 e. The number of anilines is 1. The quantitative estimate of drug-likeness (QED) is 0.560. The molecule has 0 atom stereocenters. The molecule has 0 saturated carbocycles. The Morgan fingerprint density at radius 3 is 2.45 bits per heavy atom. The van der Waals surface area contributed by atoms with E-state index in [4.69, 9.17) is 4.74 Å². The molecule has 0 radical (unpaired) electrons. The molecule has 1 aliphatic rings. The van der Waals surface area contributed by atoms with Crippen LogP contribution in [0.25, 0.3) is 0 Å². The molecule has 0 bridgehead atoms. The van der Waals surface area contributed by atoms with Crippen LogP contribution in [0.5, 0.6) is 5.75 Å². The van der Waals surface area contributed by atoms with E-state index in [0.717, 1.165) is 5.69 Å². The molecule has 1 fully saturated rings. The highest BCUT2D eigenvalue weighted by molar-refractivity contribution is 6.06. The van der Waals surface area contributed by atoms with Gasteiger partial charge in [0.1, 0.15) is 18.5 Å². The van der Waals surface area contributed by atoms with Crippen molar-refractivity contribution < 1.29 is 9.53 Å². The monoisotopic (exact) mass is 299 g/mol. The van der Waals surface area contributed by atoms with Gasteiger partial charge in [-0.2, -0.15) is 11.1 Å². The number of benzene rings is 2. The summed E-state index contributed by atoms with van der Waals surface area (Å²) in [5.41, 5.74) is 12.5. The van der Waals surface area contributed by atoms with Gasteiger partial charge in [0.15, 0.2) is 0 Å². The minimum absolute atomic E-state index is 0.0924. The molecule has 0 aliphatic carbocycles. The highest BCUT2D eigenvalue weighted by atomic mass is 16.5. The smallest absolute Gasteiger partial charge is 0.259 e. The van der Waals surface area contributed by atoms with Crippen molar-refractivity contribution in [3.05, 3.63) is 60.2 Å². The number of carbonyl (C=O) groups excluding carboxylic acids is 1. The highest BCUT2D eigenvalue weighted by Crippen LogP contribution is 2.19. The van der Waals surface area contributed by atoms with E-state index in [9.17, 15) is 4.79 Å². The van der Waals surface area contributed by atoms with Crippen molar-refractivity contribution in [2.45, 2.75) is 6.17 Å². The van der Waals surface area contributed by atoms with Gasteiger partial charge < -0.3 is 10.1 Å². The van der Waals surface area contributed by atoms with Gasteiger partial charge in [-0.15, -0.1) is 0 Å². The lowest BCUT2D eigenvalue weighted by molar-refractivity contribution is 0.102. The van der Waals surface area contributed by atoms with E-state index < -0.39 is 0 Å². The second kappa shape index (κ2) is 7.01. The average Bonchev–Trinajstić information content (AvgIpc) is 3.07. The third-order valence-electron chi connectivity index (χ3n) is 3.12. The molecular weight excluding hydrogens is 282 g/mol. The molecular formula is C15H17N5O2. The van der Waals surface area contributed by atoms with Crippen molar-refractivity contribution >= 4 is 11.6 Å². The van der Waals surface area contributed by atoms with Crippen LogP contribution in [-0.4, -0.2) is 18.7 Å². The number of carbonyl (C=O) groups is 1. The van der Waals surface area contributed by atoms with Crippen LogP contribution in [0.3, 0.4) is 0 Å². The third kappa shape index (κ3) is 3.60. The second-order valence-electron chi connectivity index (χ2n) is 4.72. The maximum absolute atomic E-state index is 12.4. The summed E-state index contributed by atoms with van der Waals surface area (Å²) < 4.78 is 5.71. The van der Waals surface area contributed by atoms with Gasteiger partial charge in [-0.1, -0.05) is 30.3 Å². The molecule has 114 valence electrons. The first kappa shape index (κ1) is 14.5. The summed E-state index contributed by atoms with van der Waals surface area (Å²) in [6.45, 7) is 0.357. The number of hydrogen-bond acceptors (Lipinski definition) is 6. The summed E-state index contributed by atoms with van der Waals surface area (Å²) in [6, 6.07) is 16.5. The number of hydrazine groups is 3. The van der Waals surface area contributed by atoms with Crippen molar-refractivity contribution in [3.8, 4) is 5.75 Å². The number of amides is 1. The zero-order valence-corrected chi connectivity index (χ0v) is 11.8. The van der Waals surface area contributed by atoms with E-state index >= 15 is 0 Å². The fraction of sp³-hybridized carbons (Fsp3) is 0.133. The van der Waals surface area contributed by atoms with Crippen LogP contribution in [0, 0.1) is 0 Å². The molecule has 22 heavy (non-hydrogen) atoms. The van der Waals surface area contributed by atoms with Crippen LogP contribution in [0.4, 0.5) is 5.69 Å². The molecule has 1 saturated heterocycles. The van der Waals surface area contributed by atoms with Crippen molar-refractivity contribution in [2.24, 2.45) is 0 Å². The predicted molar refractivity (Wildman–Crippen MR) is 82.7 cm³/mol. The lowest BCUT2D eigenvalue weighted by atomic mass is 10.2. The van der Waals surface area contributed by atoms with Gasteiger partial charge in [0.05, 0.1) is 5.56 Å². The number of hydrogen-bond donors (Lipinski definition) is 5. The van der Waals surface area contributed by atoms with Crippen molar-refractivity contribution in [3.63, 3.8) is 0 Å². The van der Waals surface area contributed by atoms with Gasteiger partial charge in [0, 0.05) is 5.69 Å². The van der Waals surface area contributed by atoms with Crippen molar-refractivity contribution in [1.29, 1.82) is 0 Å². The Labute approximate surface area is 128 Å². The van der Waals surface area contributed by atoms with Crippen molar-refractivity contribution in [2.75, 3.05) is 11.9 Å². The Kier molecular flexibility index (Phi) is 4.62. The average molecular weight is 299 g/mol. The third-order valence-corrected chi connectivity index (χ3v) is 3.12. The summed E-state index contributed by atoms with van der Waals surface area (Å²) in [5.74, 6) is 0.330. The highest BCUT2D eigenvalue weighted by Gasteiger charge is 2.16. The van der Waals surface area contributed by atoms with Gasteiger partial charge in [-0.3, -0.25) is 4.79 Å². The van der Waals surface area contributed by atoms with E-state index in [-0.39, 0.29) is 12.1 Å². The lowest BCUT2D eigenvalue weighted by Gasteiger charge is -2.14. The van der Waals surface area contributed by atoms with Crippen LogP contribution in [0.15, 0.2) is 54.6 Å². The van der Waals surface area contributed by atoms with Crippen LogP contribution >= 0.6 is 0 Å². The van der Waals surface area contributed by atoms with E-state index in [2.05, 4.69) is 27.2 Å². The molecule has 1 amide bonds. The molecule has 0 spiro atoms. The standard InChI is InChI=1S/C15H17N5O2/c21-15(16-11-6-2-1-3-7-11)12-8-4-5-9-13(12)22-10-14-17-19-20-18-14/h1-9,14,17-20H,10H2,(H,16,21). The van der Waals surface area contributed by atoms with Gasteiger partial charge in [0.2, 0.25) is 0 Å². The van der Waals surface area contributed by atoms with Crippen LogP contribution in [-0.2, 0) is 0 Å². The predicted octanol–water partition coefficient (Wildman–Crippen LogP) is 0.761. The Bertz CT molecular complexity index is 629. The number of nitrogens with one attached hydrogen (secondary N) is 5. The van der Waals surface area contributed by atoms with Gasteiger partial charge in [-0.05, 0) is 24.3 Å². The molecule has 7 heteroatoms. The number of rotatable bonds is 5. The molecule has 3 rings (SSSR count). The summed E-state index contributed by atoms with van der Waals surface area (Å²) in [5, 5.41) is 2.85.